The summed E-state index contributed by atoms with van der Waals surface area (Å²) >= 11 is 0. The number of carbonyl (C=O) groups excluding carboxylic acids is 1. The van der Waals surface area contributed by atoms with E-state index in [1.54, 1.807) is 6.07 Å². The van der Waals surface area contributed by atoms with E-state index in [1.807, 2.05) is 4.90 Å². The average molecular weight is 328 g/mol. The second-order valence-corrected chi connectivity index (χ2v) is 5.31. The molecule has 1 N–H and O–H groups in total. The molecule has 4 nitrogen and oxygen atoms in total. The Morgan fingerprint density at radius 1 is 1.13 bits per heavy atom. The minimum Gasteiger partial charge on any atom is -0.395 e. The number of piperazine rings is 1. The summed E-state index contributed by atoms with van der Waals surface area (Å²) in [5.41, 5.74) is -0.951. The summed E-state index contributed by atoms with van der Waals surface area (Å²) in [4.78, 5) is 15.5. The van der Waals surface area contributed by atoms with Crippen LogP contribution in [-0.2, 0) is 4.79 Å². The van der Waals surface area contributed by atoms with E-state index >= 15 is 0 Å². The number of hydrogen-bond acceptors (Lipinski definition) is 3. The molecule has 7 heteroatoms. The van der Waals surface area contributed by atoms with Gasteiger partial charge in [0, 0.05) is 38.8 Å². The van der Waals surface area contributed by atoms with Gasteiger partial charge < -0.3 is 10.0 Å². The molecule has 1 aromatic rings. The van der Waals surface area contributed by atoms with Gasteiger partial charge in [-0.1, -0.05) is 30.3 Å². The van der Waals surface area contributed by atoms with Crippen molar-refractivity contribution in [1.29, 1.82) is 0 Å². The van der Waals surface area contributed by atoms with Crippen LogP contribution in [0.2, 0.25) is 0 Å². The van der Waals surface area contributed by atoms with E-state index in [2.05, 4.69) is 0 Å². The van der Waals surface area contributed by atoms with Gasteiger partial charge in [0.05, 0.1) is 12.2 Å². The van der Waals surface area contributed by atoms with Crippen LogP contribution in [0, 0.1) is 0 Å². The monoisotopic (exact) mass is 328 g/mol. The third kappa shape index (κ3) is 4.80. The number of β-amino-alcohol motifs (C(OH)–C–C–N with tert-alkyl or cyclic N) is 1. The fourth-order valence-electron chi connectivity index (χ4n) is 2.49. The summed E-state index contributed by atoms with van der Waals surface area (Å²) in [5.74, 6) is -0.634. The Balaban J connectivity index is 2.12. The highest BCUT2D eigenvalue weighted by atomic mass is 19.4. The highest BCUT2D eigenvalue weighted by Crippen LogP contribution is 2.33. The highest BCUT2D eigenvalue weighted by Gasteiger charge is 2.35. The first kappa shape index (κ1) is 17.5. The minimum absolute atomic E-state index is 0.0210. The molecule has 2 rings (SSSR count). The zero-order valence-electron chi connectivity index (χ0n) is 12.6. The van der Waals surface area contributed by atoms with E-state index in [-0.39, 0.29) is 12.2 Å². The quantitative estimate of drug-likeness (QED) is 0.857. The number of hydrogen-bond donors (Lipinski definition) is 1. The number of carbonyl (C=O) groups is 1. The molecular formula is C16H19F3N2O2. The van der Waals surface area contributed by atoms with Crippen molar-refractivity contribution in [3.8, 4) is 0 Å². The Hall–Kier alpha value is -1.86. The molecule has 1 fully saturated rings. The Morgan fingerprint density at radius 2 is 1.74 bits per heavy atom. The van der Waals surface area contributed by atoms with Crippen molar-refractivity contribution in [2.45, 2.75) is 6.18 Å². The molecule has 23 heavy (non-hydrogen) atoms. The Morgan fingerprint density at radius 3 is 2.26 bits per heavy atom. The zero-order valence-corrected chi connectivity index (χ0v) is 12.6. The molecule has 1 aliphatic heterocycles. The second kappa shape index (κ2) is 7.61. The van der Waals surface area contributed by atoms with Crippen LogP contribution in [-0.4, -0.2) is 66.3 Å². The van der Waals surface area contributed by atoms with Gasteiger partial charge in [-0.3, -0.25) is 9.69 Å². The Labute approximate surface area is 132 Å². The Kier molecular flexibility index (Phi) is 5.79. The molecule has 0 saturated carbocycles. The van der Waals surface area contributed by atoms with E-state index in [1.165, 1.54) is 29.2 Å². The van der Waals surface area contributed by atoms with Gasteiger partial charge in [0.1, 0.15) is 0 Å². The summed E-state index contributed by atoms with van der Waals surface area (Å²) in [6, 6.07) is 7.32. The van der Waals surface area contributed by atoms with Gasteiger partial charge in [-0.05, 0) is 5.56 Å². The van der Waals surface area contributed by atoms with E-state index in [0.29, 0.717) is 38.8 Å². The van der Waals surface area contributed by atoms with Crippen LogP contribution in [0.1, 0.15) is 5.56 Å². The summed E-state index contributed by atoms with van der Waals surface area (Å²) in [5, 5.41) is 8.87. The van der Waals surface area contributed by atoms with Gasteiger partial charge in [-0.15, -0.1) is 0 Å². The van der Waals surface area contributed by atoms with E-state index in [4.69, 9.17) is 5.11 Å². The summed E-state index contributed by atoms with van der Waals surface area (Å²) in [7, 11) is 0. The lowest BCUT2D eigenvalue weighted by molar-refractivity contribution is -0.128. The fraction of sp³-hybridized carbons (Fsp3) is 0.438. The van der Waals surface area contributed by atoms with Crippen molar-refractivity contribution in [2.24, 2.45) is 0 Å². The van der Waals surface area contributed by atoms with Crippen molar-refractivity contribution >= 4 is 11.5 Å². The number of allylic oxidation sites excluding steroid dienone is 1. The third-order valence-corrected chi connectivity index (χ3v) is 3.76. The van der Waals surface area contributed by atoms with Crippen LogP contribution < -0.4 is 0 Å². The maximum absolute atomic E-state index is 13.2. The lowest BCUT2D eigenvalue weighted by atomic mass is 10.0. The van der Waals surface area contributed by atoms with Crippen molar-refractivity contribution in [1.82, 2.24) is 9.80 Å². The number of aliphatic hydroxyl groups is 1. The molecule has 1 heterocycles. The molecule has 1 amide bonds. The lowest BCUT2D eigenvalue weighted by Crippen LogP contribution is -2.49. The lowest BCUT2D eigenvalue weighted by Gasteiger charge is -2.34. The second-order valence-electron chi connectivity index (χ2n) is 5.31. The van der Waals surface area contributed by atoms with Gasteiger partial charge in [0.25, 0.3) is 0 Å². The van der Waals surface area contributed by atoms with Crippen molar-refractivity contribution < 1.29 is 23.1 Å². The smallest absolute Gasteiger partial charge is 0.395 e. The van der Waals surface area contributed by atoms with Crippen molar-refractivity contribution in [3.05, 3.63) is 42.0 Å². The molecule has 0 aromatic heterocycles. The third-order valence-electron chi connectivity index (χ3n) is 3.76. The van der Waals surface area contributed by atoms with Gasteiger partial charge in [0.15, 0.2) is 0 Å². The van der Waals surface area contributed by atoms with Crippen LogP contribution in [0.25, 0.3) is 5.57 Å². The first-order valence-electron chi connectivity index (χ1n) is 7.38. The van der Waals surface area contributed by atoms with Crippen LogP contribution >= 0.6 is 0 Å². The topological polar surface area (TPSA) is 43.8 Å². The molecule has 0 unspecified atom stereocenters. The maximum atomic E-state index is 13.2. The van der Waals surface area contributed by atoms with Crippen molar-refractivity contribution in [3.63, 3.8) is 0 Å². The number of alkyl halides is 3. The predicted octanol–water partition coefficient (Wildman–Crippen LogP) is 1.77. The van der Waals surface area contributed by atoms with Crippen LogP contribution in [0.3, 0.4) is 0 Å². The first-order valence-corrected chi connectivity index (χ1v) is 7.38. The first-order chi connectivity index (χ1) is 10.9. The van der Waals surface area contributed by atoms with Crippen molar-refractivity contribution in [2.75, 3.05) is 39.3 Å². The largest absolute Gasteiger partial charge is 0.417 e. The molecule has 126 valence electrons. The molecule has 1 aliphatic rings. The molecule has 0 bridgehead atoms. The van der Waals surface area contributed by atoms with Gasteiger partial charge in [-0.2, -0.15) is 13.2 Å². The Bertz CT molecular complexity index is 550. The number of amides is 1. The molecule has 0 aliphatic carbocycles. The number of nitrogens with zero attached hydrogens (tertiary/aromatic N) is 2. The molecule has 0 atom stereocenters. The molecule has 0 radical (unpaired) electrons. The van der Waals surface area contributed by atoms with Crippen LogP contribution in [0.4, 0.5) is 13.2 Å². The van der Waals surface area contributed by atoms with Gasteiger partial charge >= 0.3 is 6.18 Å². The molecular weight excluding hydrogens is 309 g/mol. The minimum atomic E-state index is -4.59. The maximum Gasteiger partial charge on any atom is 0.417 e. The molecule has 1 saturated heterocycles. The zero-order chi connectivity index (χ0) is 16.9. The number of halogens is 3. The number of aliphatic hydroxyl groups excluding tert-OH is 1. The highest BCUT2D eigenvalue weighted by molar-refractivity contribution is 5.96. The van der Waals surface area contributed by atoms with Gasteiger partial charge in [0.2, 0.25) is 5.91 Å². The predicted molar refractivity (Wildman–Crippen MR) is 80.6 cm³/mol. The molecule has 0 spiro atoms. The summed E-state index contributed by atoms with van der Waals surface area (Å²) < 4.78 is 39.7. The molecule has 1 aromatic carbocycles. The van der Waals surface area contributed by atoms with Crippen LogP contribution in [0.5, 0.6) is 0 Å². The summed E-state index contributed by atoms with van der Waals surface area (Å²) in [6.07, 6.45) is -3.91. The SMILES string of the molecule is O=C(/C=C(/c1ccccc1)C(F)(F)F)N1CCN(CCO)CC1. The van der Waals surface area contributed by atoms with E-state index in [9.17, 15) is 18.0 Å². The number of rotatable bonds is 4. The van der Waals surface area contributed by atoms with E-state index in [0.717, 1.165) is 0 Å². The normalized spacial score (nSPS) is 17.4. The van der Waals surface area contributed by atoms with E-state index < -0.39 is 17.7 Å². The summed E-state index contributed by atoms with van der Waals surface area (Å²) in [6.45, 7) is 2.35. The number of benzene rings is 1. The standard InChI is InChI=1S/C16H19F3N2O2/c17-16(18,19)14(13-4-2-1-3-5-13)12-15(23)21-8-6-20(7-9-21)10-11-22/h1-5,12,22H,6-11H2/b14-12-. The van der Waals surface area contributed by atoms with Gasteiger partial charge in [-0.25, -0.2) is 0 Å². The average Bonchev–Trinajstić information content (AvgIpc) is 2.53. The fourth-order valence-corrected chi connectivity index (χ4v) is 2.49. The van der Waals surface area contributed by atoms with Crippen LogP contribution in [0.15, 0.2) is 36.4 Å².